The molecule has 0 aliphatic rings. The number of halogens is 3. The summed E-state index contributed by atoms with van der Waals surface area (Å²) in [6.45, 7) is 0. The van der Waals surface area contributed by atoms with Crippen LogP contribution in [0.15, 0.2) is 12.1 Å². The fourth-order valence-electron chi connectivity index (χ4n) is 0.949. The highest BCUT2D eigenvalue weighted by atomic mass is 19.4. The molecule has 3 nitrogen and oxygen atoms in total. The lowest BCUT2D eigenvalue weighted by Crippen LogP contribution is -2.10. The van der Waals surface area contributed by atoms with E-state index in [0.717, 1.165) is 6.07 Å². The van der Waals surface area contributed by atoms with E-state index in [-0.39, 0.29) is 17.8 Å². The highest BCUT2D eigenvalue weighted by Crippen LogP contribution is 2.28. The maximum Gasteiger partial charge on any atom is 0.433 e. The van der Waals surface area contributed by atoms with E-state index in [9.17, 15) is 13.2 Å². The number of nitrogens with zero attached hydrogens (tertiary/aromatic N) is 2. The second-order valence-corrected chi connectivity index (χ2v) is 2.62. The Hall–Kier alpha value is -1.77. The maximum atomic E-state index is 12.2. The number of nitrogens with two attached hydrogens (primary N) is 1. The van der Waals surface area contributed by atoms with Crippen molar-refractivity contribution in [3.63, 3.8) is 0 Å². The van der Waals surface area contributed by atoms with Crippen LogP contribution in [-0.2, 0) is 12.6 Å². The van der Waals surface area contributed by atoms with Crippen molar-refractivity contribution in [2.45, 2.75) is 12.6 Å². The van der Waals surface area contributed by atoms with Gasteiger partial charge in [0.1, 0.15) is 11.5 Å². The normalized spacial score (nSPS) is 11.0. The SMILES string of the molecule is N#CCc1cc(N)nc(C(F)(F)F)c1. The number of aromatic nitrogens is 1. The van der Waals surface area contributed by atoms with Gasteiger partial charge in [0.15, 0.2) is 0 Å². The molecular formula is C8H6F3N3. The number of hydrogen-bond acceptors (Lipinski definition) is 3. The molecule has 1 heterocycles. The molecule has 0 amide bonds. The van der Waals surface area contributed by atoms with Gasteiger partial charge in [0.2, 0.25) is 0 Å². The van der Waals surface area contributed by atoms with Crippen LogP contribution in [0.5, 0.6) is 0 Å². The molecule has 1 rings (SSSR count). The number of nitrogen functional groups attached to an aromatic ring is 1. The first-order valence-corrected chi connectivity index (χ1v) is 3.64. The molecule has 0 aliphatic carbocycles. The lowest BCUT2D eigenvalue weighted by molar-refractivity contribution is -0.141. The summed E-state index contributed by atoms with van der Waals surface area (Å²) in [6.07, 6.45) is -4.64. The monoisotopic (exact) mass is 201 g/mol. The molecule has 0 aromatic carbocycles. The molecule has 1 aromatic heterocycles. The third kappa shape index (κ3) is 2.36. The summed E-state index contributed by atoms with van der Waals surface area (Å²) >= 11 is 0. The molecule has 0 fully saturated rings. The number of rotatable bonds is 1. The second-order valence-electron chi connectivity index (χ2n) is 2.62. The van der Waals surface area contributed by atoms with Gasteiger partial charge in [0.05, 0.1) is 12.5 Å². The van der Waals surface area contributed by atoms with Crippen LogP contribution in [0.25, 0.3) is 0 Å². The number of anilines is 1. The molecule has 0 unspecified atom stereocenters. The van der Waals surface area contributed by atoms with Gasteiger partial charge >= 0.3 is 6.18 Å². The first-order valence-electron chi connectivity index (χ1n) is 3.64. The van der Waals surface area contributed by atoms with Gasteiger partial charge in [-0.2, -0.15) is 18.4 Å². The van der Waals surface area contributed by atoms with Crippen molar-refractivity contribution in [1.82, 2.24) is 4.98 Å². The zero-order chi connectivity index (χ0) is 10.8. The van der Waals surface area contributed by atoms with Gasteiger partial charge in [-0.25, -0.2) is 4.98 Å². The van der Waals surface area contributed by atoms with E-state index in [1.807, 2.05) is 0 Å². The lowest BCUT2D eigenvalue weighted by atomic mass is 10.1. The van der Waals surface area contributed by atoms with E-state index >= 15 is 0 Å². The summed E-state index contributed by atoms with van der Waals surface area (Å²) in [5, 5.41) is 8.31. The van der Waals surface area contributed by atoms with Crippen LogP contribution in [0.1, 0.15) is 11.3 Å². The van der Waals surface area contributed by atoms with Crippen molar-refractivity contribution in [3.8, 4) is 6.07 Å². The summed E-state index contributed by atoms with van der Waals surface area (Å²) < 4.78 is 36.6. The number of nitriles is 1. The largest absolute Gasteiger partial charge is 0.433 e. The zero-order valence-electron chi connectivity index (χ0n) is 6.97. The summed E-state index contributed by atoms with van der Waals surface area (Å²) in [4.78, 5) is 3.13. The topological polar surface area (TPSA) is 62.7 Å². The number of pyridine rings is 1. The molecule has 0 saturated carbocycles. The summed E-state index contributed by atoms with van der Waals surface area (Å²) in [6, 6.07) is 3.81. The van der Waals surface area contributed by atoms with E-state index in [4.69, 9.17) is 11.0 Å². The van der Waals surface area contributed by atoms with E-state index < -0.39 is 11.9 Å². The third-order valence-corrected chi connectivity index (χ3v) is 1.48. The summed E-state index contributed by atoms with van der Waals surface area (Å²) in [7, 11) is 0. The van der Waals surface area contributed by atoms with Crippen LogP contribution in [0, 0.1) is 11.3 Å². The Bertz CT molecular complexity index is 378. The summed E-state index contributed by atoms with van der Waals surface area (Å²) in [5.74, 6) is -0.231. The van der Waals surface area contributed by atoms with E-state index in [1.54, 1.807) is 6.07 Å². The van der Waals surface area contributed by atoms with Crippen LogP contribution >= 0.6 is 0 Å². The van der Waals surface area contributed by atoms with Crippen LogP contribution in [0.4, 0.5) is 19.0 Å². The smallest absolute Gasteiger partial charge is 0.384 e. The maximum absolute atomic E-state index is 12.2. The quantitative estimate of drug-likeness (QED) is 0.752. The van der Waals surface area contributed by atoms with Crippen LogP contribution < -0.4 is 5.73 Å². The van der Waals surface area contributed by atoms with E-state index in [2.05, 4.69) is 4.98 Å². The predicted octanol–water partition coefficient (Wildman–Crippen LogP) is 1.75. The van der Waals surface area contributed by atoms with Gasteiger partial charge in [0, 0.05) is 0 Å². The molecule has 1 aromatic rings. The molecule has 0 atom stereocenters. The second kappa shape index (κ2) is 3.54. The van der Waals surface area contributed by atoms with Gasteiger partial charge in [0.25, 0.3) is 0 Å². The molecule has 0 bridgehead atoms. The van der Waals surface area contributed by atoms with Crippen molar-refractivity contribution in [2.75, 3.05) is 5.73 Å². The average molecular weight is 201 g/mol. The van der Waals surface area contributed by atoms with E-state index in [0.29, 0.717) is 0 Å². The van der Waals surface area contributed by atoms with Crippen molar-refractivity contribution in [2.24, 2.45) is 0 Å². The van der Waals surface area contributed by atoms with Crippen molar-refractivity contribution >= 4 is 5.82 Å². The minimum absolute atomic E-state index is 0.115. The first-order chi connectivity index (χ1) is 6.43. The molecular weight excluding hydrogens is 195 g/mol. The molecule has 0 radical (unpaired) electrons. The third-order valence-electron chi connectivity index (χ3n) is 1.48. The highest BCUT2D eigenvalue weighted by Gasteiger charge is 2.32. The van der Waals surface area contributed by atoms with Gasteiger partial charge in [-0.15, -0.1) is 0 Å². The number of hydrogen-bond donors (Lipinski definition) is 1. The molecule has 0 saturated heterocycles. The van der Waals surface area contributed by atoms with Gasteiger partial charge in [-0.3, -0.25) is 0 Å². The lowest BCUT2D eigenvalue weighted by Gasteiger charge is -2.07. The average Bonchev–Trinajstić information content (AvgIpc) is 2.02. The summed E-state index contributed by atoms with van der Waals surface area (Å²) in [5.41, 5.74) is 4.31. The zero-order valence-corrected chi connectivity index (χ0v) is 6.97. The van der Waals surface area contributed by atoms with Crippen LogP contribution in [0.3, 0.4) is 0 Å². The van der Waals surface area contributed by atoms with Gasteiger partial charge in [-0.05, 0) is 17.7 Å². The Morgan fingerprint density at radius 1 is 1.43 bits per heavy atom. The minimum Gasteiger partial charge on any atom is -0.384 e. The van der Waals surface area contributed by atoms with Crippen molar-refractivity contribution < 1.29 is 13.2 Å². The fraction of sp³-hybridized carbons (Fsp3) is 0.250. The molecule has 6 heteroatoms. The van der Waals surface area contributed by atoms with Gasteiger partial charge in [-0.1, -0.05) is 0 Å². The Labute approximate surface area is 78.0 Å². The molecule has 0 aliphatic heterocycles. The fourth-order valence-corrected chi connectivity index (χ4v) is 0.949. The molecule has 14 heavy (non-hydrogen) atoms. The Morgan fingerprint density at radius 2 is 2.07 bits per heavy atom. The Morgan fingerprint density at radius 3 is 2.57 bits per heavy atom. The van der Waals surface area contributed by atoms with Crippen LogP contribution in [0.2, 0.25) is 0 Å². The van der Waals surface area contributed by atoms with Crippen LogP contribution in [-0.4, -0.2) is 4.98 Å². The molecule has 74 valence electrons. The first kappa shape index (κ1) is 10.3. The molecule has 2 N–H and O–H groups in total. The minimum atomic E-state index is -4.53. The van der Waals surface area contributed by atoms with Crippen molar-refractivity contribution in [3.05, 3.63) is 23.4 Å². The Kier molecular flexibility index (Phi) is 2.60. The number of alkyl halides is 3. The molecule has 0 spiro atoms. The highest BCUT2D eigenvalue weighted by molar-refractivity contribution is 5.36. The van der Waals surface area contributed by atoms with E-state index in [1.165, 1.54) is 6.07 Å². The van der Waals surface area contributed by atoms with Gasteiger partial charge < -0.3 is 5.73 Å². The predicted molar refractivity (Wildman–Crippen MR) is 43.0 cm³/mol. The van der Waals surface area contributed by atoms with Crippen molar-refractivity contribution in [1.29, 1.82) is 5.26 Å². The standard InChI is InChI=1S/C8H6F3N3/c9-8(10,11)6-3-5(1-2-12)4-7(13)14-6/h3-4H,1H2,(H2,13,14). The Balaban J connectivity index is 3.15.